The maximum atomic E-state index is 8.89. The Morgan fingerprint density at radius 1 is 1.33 bits per heavy atom. The largest absolute Gasteiger partial charge is 0.493 e. The van der Waals surface area contributed by atoms with E-state index in [0.717, 1.165) is 5.75 Å². The second-order valence-corrected chi connectivity index (χ2v) is 4.38. The van der Waals surface area contributed by atoms with Gasteiger partial charge in [0.15, 0.2) is 0 Å². The lowest BCUT2D eigenvalue weighted by Gasteiger charge is -2.11. The molecule has 0 bridgehead atoms. The third-order valence-electron chi connectivity index (χ3n) is 2.92. The number of aryl methyl sites for hydroxylation is 2. The van der Waals surface area contributed by atoms with Crippen LogP contribution in [0.4, 0.5) is 0 Å². The zero-order valence-corrected chi connectivity index (χ0v) is 9.20. The van der Waals surface area contributed by atoms with Crippen LogP contribution in [0.25, 0.3) is 0 Å². The number of ether oxygens (including phenoxy) is 1. The van der Waals surface area contributed by atoms with Gasteiger partial charge < -0.3 is 9.84 Å². The molecule has 2 nitrogen and oxygen atoms in total. The lowest BCUT2D eigenvalue weighted by molar-refractivity contribution is 0.174. The van der Waals surface area contributed by atoms with Gasteiger partial charge in [0.2, 0.25) is 0 Å². The summed E-state index contributed by atoms with van der Waals surface area (Å²) in [4.78, 5) is 0. The summed E-state index contributed by atoms with van der Waals surface area (Å²) in [5.74, 6) is 1.15. The van der Waals surface area contributed by atoms with Crippen LogP contribution in [0.3, 0.4) is 0 Å². The number of fused-ring (bicyclic) bond motifs is 1. The molecule has 2 heteroatoms. The molecule has 0 aliphatic heterocycles. The minimum Gasteiger partial charge on any atom is -0.493 e. The maximum Gasteiger partial charge on any atom is 0.119 e. The zero-order valence-electron chi connectivity index (χ0n) is 9.20. The van der Waals surface area contributed by atoms with E-state index < -0.39 is 0 Å². The van der Waals surface area contributed by atoms with E-state index in [9.17, 15) is 0 Å². The molecule has 0 saturated heterocycles. The molecule has 1 aromatic carbocycles. The van der Waals surface area contributed by atoms with E-state index in [1.54, 1.807) is 0 Å². The highest BCUT2D eigenvalue weighted by atomic mass is 16.5. The first-order chi connectivity index (χ1) is 7.29. The molecule has 82 valence electrons. The summed E-state index contributed by atoms with van der Waals surface area (Å²) in [6, 6.07) is 6.35. The predicted molar refractivity (Wildman–Crippen MR) is 60.2 cm³/mol. The van der Waals surface area contributed by atoms with Crippen LogP contribution in [-0.4, -0.2) is 18.3 Å². The van der Waals surface area contributed by atoms with E-state index in [1.165, 1.54) is 30.4 Å². The number of rotatable bonds is 4. The quantitative estimate of drug-likeness (QED) is 0.818. The van der Waals surface area contributed by atoms with Crippen molar-refractivity contribution in [2.45, 2.75) is 26.2 Å². The molecule has 1 aliphatic carbocycles. The molecule has 0 heterocycles. The van der Waals surface area contributed by atoms with Gasteiger partial charge in [-0.25, -0.2) is 0 Å². The Balaban J connectivity index is 1.98. The van der Waals surface area contributed by atoms with Crippen LogP contribution in [0.2, 0.25) is 0 Å². The van der Waals surface area contributed by atoms with Crippen molar-refractivity contribution in [2.24, 2.45) is 5.92 Å². The van der Waals surface area contributed by atoms with E-state index >= 15 is 0 Å². The summed E-state index contributed by atoms with van der Waals surface area (Å²) in [5.41, 5.74) is 2.90. The highest BCUT2D eigenvalue weighted by molar-refractivity contribution is 5.38. The third kappa shape index (κ3) is 2.51. The number of benzene rings is 1. The molecular formula is C13H18O2. The topological polar surface area (TPSA) is 29.5 Å². The Hall–Kier alpha value is -1.02. The van der Waals surface area contributed by atoms with Gasteiger partial charge in [-0.05, 0) is 42.5 Å². The number of aliphatic hydroxyl groups is 1. The lowest BCUT2D eigenvalue weighted by Crippen LogP contribution is -2.12. The Morgan fingerprint density at radius 3 is 2.93 bits per heavy atom. The Bertz CT molecular complexity index is 333. The molecule has 0 saturated carbocycles. The Morgan fingerprint density at radius 2 is 2.13 bits per heavy atom. The molecular weight excluding hydrogens is 188 g/mol. The van der Waals surface area contributed by atoms with Crippen molar-refractivity contribution in [1.82, 2.24) is 0 Å². The van der Waals surface area contributed by atoms with E-state index in [-0.39, 0.29) is 12.5 Å². The van der Waals surface area contributed by atoms with Crippen molar-refractivity contribution < 1.29 is 9.84 Å². The normalized spacial score (nSPS) is 16.1. The Labute approximate surface area is 90.9 Å². The molecule has 2 rings (SSSR count). The van der Waals surface area contributed by atoms with Gasteiger partial charge in [0, 0.05) is 12.5 Å². The monoisotopic (exact) mass is 206 g/mol. The van der Waals surface area contributed by atoms with Gasteiger partial charge in [-0.15, -0.1) is 0 Å². The molecule has 0 aromatic heterocycles. The summed E-state index contributed by atoms with van der Waals surface area (Å²) < 4.78 is 5.62. The Kier molecular flexibility index (Phi) is 3.27. The summed E-state index contributed by atoms with van der Waals surface area (Å²) >= 11 is 0. The smallest absolute Gasteiger partial charge is 0.119 e. The van der Waals surface area contributed by atoms with E-state index in [4.69, 9.17) is 9.84 Å². The molecule has 0 amide bonds. The van der Waals surface area contributed by atoms with Crippen molar-refractivity contribution in [3.8, 4) is 5.75 Å². The average molecular weight is 206 g/mol. The highest BCUT2D eigenvalue weighted by Crippen LogP contribution is 2.26. The predicted octanol–water partition coefficient (Wildman–Crippen LogP) is 2.18. The second kappa shape index (κ2) is 4.67. The number of aliphatic hydroxyl groups excluding tert-OH is 1. The van der Waals surface area contributed by atoms with Gasteiger partial charge in [0.1, 0.15) is 5.75 Å². The molecule has 1 unspecified atom stereocenters. The van der Waals surface area contributed by atoms with Gasteiger partial charge in [-0.3, -0.25) is 0 Å². The first kappa shape index (κ1) is 10.5. The first-order valence-corrected chi connectivity index (χ1v) is 5.65. The summed E-state index contributed by atoms with van der Waals surface area (Å²) in [6.07, 6.45) is 3.66. The number of hydrogen-bond acceptors (Lipinski definition) is 2. The molecule has 15 heavy (non-hydrogen) atoms. The van der Waals surface area contributed by atoms with Crippen molar-refractivity contribution in [2.75, 3.05) is 13.2 Å². The first-order valence-electron chi connectivity index (χ1n) is 5.65. The summed E-state index contributed by atoms with van der Waals surface area (Å²) in [5, 5.41) is 8.89. The minimum atomic E-state index is 0.185. The van der Waals surface area contributed by atoms with Gasteiger partial charge in [0.25, 0.3) is 0 Å². The van der Waals surface area contributed by atoms with Crippen LogP contribution in [0.5, 0.6) is 5.75 Å². The minimum absolute atomic E-state index is 0.185. The van der Waals surface area contributed by atoms with Crippen molar-refractivity contribution >= 4 is 0 Å². The third-order valence-corrected chi connectivity index (χ3v) is 2.92. The van der Waals surface area contributed by atoms with Crippen LogP contribution in [0, 0.1) is 5.92 Å². The van der Waals surface area contributed by atoms with E-state index in [2.05, 4.69) is 12.1 Å². The standard InChI is InChI=1S/C13H18O2/c1-10(8-14)9-15-13-6-5-11-3-2-4-12(11)7-13/h5-7,10,14H,2-4,8-9H2,1H3. The SMILES string of the molecule is CC(CO)COc1ccc2c(c1)CCC2. The molecule has 0 fully saturated rings. The molecule has 0 spiro atoms. The fourth-order valence-corrected chi connectivity index (χ4v) is 1.93. The van der Waals surface area contributed by atoms with Gasteiger partial charge >= 0.3 is 0 Å². The van der Waals surface area contributed by atoms with Crippen LogP contribution in [0.1, 0.15) is 24.5 Å². The van der Waals surface area contributed by atoms with Crippen LogP contribution in [-0.2, 0) is 12.8 Å². The van der Waals surface area contributed by atoms with Crippen LogP contribution < -0.4 is 4.74 Å². The molecule has 0 radical (unpaired) electrons. The van der Waals surface area contributed by atoms with Gasteiger partial charge in [-0.1, -0.05) is 13.0 Å². The van der Waals surface area contributed by atoms with E-state index in [1.807, 2.05) is 13.0 Å². The highest BCUT2D eigenvalue weighted by Gasteiger charge is 2.11. The molecule has 1 N–H and O–H groups in total. The molecule has 1 atom stereocenters. The van der Waals surface area contributed by atoms with Crippen molar-refractivity contribution in [1.29, 1.82) is 0 Å². The van der Waals surface area contributed by atoms with Crippen molar-refractivity contribution in [3.05, 3.63) is 29.3 Å². The van der Waals surface area contributed by atoms with Gasteiger partial charge in [0.05, 0.1) is 6.61 Å². The van der Waals surface area contributed by atoms with Gasteiger partial charge in [-0.2, -0.15) is 0 Å². The van der Waals surface area contributed by atoms with Crippen molar-refractivity contribution in [3.63, 3.8) is 0 Å². The molecule has 1 aliphatic rings. The second-order valence-electron chi connectivity index (χ2n) is 4.38. The van der Waals surface area contributed by atoms with E-state index in [0.29, 0.717) is 6.61 Å². The van der Waals surface area contributed by atoms with Crippen LogP contribution in [0.15, 0.2) is 18.2 Å². The average Bonchev–Trinajstić information content (AvgIpc) is 2.72. The fraction of sp³-hybridized carbons (Fsp3) is 0.538. The molecule has 1 aromatic rings. The fourth-order valence-electron chi connectivity index (χ4n) is 1.93. The van der Waals surface area contributed by atoms with Crippen LogP contribution >= 0.6 is 0 Å². The summed E-state index contributed by atoms with van der Waals surface area (Å²) in [7, 11) is 0. The number of hydrogen-bond donors (Lipinski definition) is 1. The maximum absolute atomic E-state index is 8.89. The summed E-state index contributed by atoms with van der Waals surface area (Å²) in [6.45, 7) is 2.76. The zero-order chi connectivity index (χ0) is 10.7. The lowest BCUT2D eigenvalue weighted by atomic mass is 10.1.